The van der Waals surface area contributed by atoms with E-state index in [0.29, 0.717) is 16.9 Å². The number of nitrogens with one attached hydrogen (secondary N) is 3. The van der Waals surface area contributed by atoms with Gasteiger partial charge in [0, 0.05) is 29.7 Å². The number of para-hydroxylation sites is 1. The number of anilines is 2. The summed E-state index contributed by atoms with van der Waals surface area (Å²) in [7, 11) is 1.54. The minimum atomic E-state index is -0.317. The van der Waals surface area contributed by atoms with E-state index in [1.54, 1.807) is 54.4 Å². The first kappa shape index (κ1) is 20.9. The standard InChI is InChI=1S/C23H20N4O2S2/c1-24-22(29)26-18-6-4-5-17(13-18)25-21(28)16-11-9-15(10-12-16)14-30-23-27-19-7-2-3-8-20(19)31-23/h2-13H,14H2,1H3,(H,25,28)(H2,24,26,29). The Morgan fingerprint density at radius 1 is 0.935 bits per heavy atom. The molecule has 31 heavy (non-hydrogen) atoms. The van der Waals surface area contributed by atoms with Crippen molar-refractivity contribution in [3.63, 3.8) is 0 Å². The van der Waals surface area contributed by atoms with Crippen LogP contribution in [0.4, 0.5) is 16.2 Å². The molecule has 1 heterocycles. The largest absolute Gasteiger partial charge is 0.341 e. The highest BCUT2D eigenvalue weighted by Gasteiger charge is 2.09. The van der Waals surface area contributed by atoms with Crippen molar-refractivity contribution in [3.8, 4) is 0 Å². The number of hydrogen-bond donors (Lipinski definition) is 3. The Morgan fingerprint density at radius 3 is 2.42 bits per heavy atom. The van der Waals surface area contributed by atoms with E-state index < -0.39 is 0 Å². The predicted molar refractivity (Wildman–Crippen MR) is 128 cm³/mol. The normalized spacial score (nSPS) is 10.6. The van der Waals surface area contributed by atoms with Gasteiger partial charge in [-0.1, -0.05) is 42.1 Å². The van der Waals surface area contributed by atoms with Crippen molar-refractivity contribution < 1.29 is 9.59 Å². The number of amides is 3. The molecule has 0 bridgehead atoms. The maximum absolute atomic E-state index is 12.6. The van der Waals surface area contributed by atoms with Crippen molar-refractivity contribution in [2.24, 2.45) is 0 Å². The van der Waals surface area contributed by atoms with Crippen LogP contribution in [0.1, 0.15) is 15.9 Å². The Morgan fingerprint density at radius 2 is 1.68 bits per heavy atom. The summed E-state index contributed by atoms with van der Waals surface area (Å²) >= 11 is 3.38. The molecule has 0 unspecified atom stereocenters. The van der Waals surface area contributed by atoms with Crippen LogP contribution < -0.4 is 16.0 Å². The molecule has 0 saturated carbocycles. The highest BCUT2D eigenvalue weighted by Crippen LogP contribution is 2.31. The Labute approximate surface area is 188 Å². The van der Waals surface area contributed by atoms with E-state index in [0.717, 1.165) is 21.2 Å². The van der Waals surface area contributed by atoms with Crippen LogP contribution in [-0.2, 0) is 5.75 Å². The summed E-state index contributed by atoms with van der Waals surface area (Å²) in [6.07, 6.45) is 0. The molecule has 0 fully saturated rings. The van der Waals surface area contributed by atoms with Gasteiger partial charge < -0.3 is 16.0 Å². The Kier molecular flexibility index (Phi) is 6.49. The fraction of sp³-hybridized carbons (Fsp3) is 0.0870. The number of nitrogens with zero attached hydrogens (tertiary/aromatic N) is 1. The molecule has 0 atom stereocenters. The molecule has 8 heteroatoms. The van der Waals surface area contributed by atoms with Crippen molar-refractivity contribution >= 4 is 56.6 Å². The Hall–Kier alpha value is -3.36. The molecule has 0 spiro atoms. The van der Waals surface area contributed by atoms with Crippen LogP contribution in [0.5, 0.6) is 0 Å². The molecule has 3 N–H and O–H groups in total. The van der Waals surface area contributed by atoms with Crippen molar-refractivity contribution in [3.05, 3.63) is 83.9 Å². The van der Waals surface area contributed by atoms with Gasteiger partial charge in [-0.15, -0.1) is 11.3 Å². The number of benzene rings is 3. The van der Waals surface area contributed by atoms with Crippen LogP contribution in [-0.4, -0.2) is 24.0 Å². The maximum Gasteiger partial charge on any atom is 0.318 e. The van der Waals surface area contributed by atoms with E-state index in [4.69, 9.17) is 0 Å². The minimum Gasteiger partial charge on any atom is -0.341 e. The molecular weight excluding hydrogens is 428 g/mol. The Balaban J connectivity index is 1.35. The summed E-state index contributed by atoms with van der Waals surface area (Å²) in [6.45, 7) is 0. The highest BCUT2D eigenvalue weighted by atomic mass is 32.2. The molecule has 0 radical (unpaired) electrons. The number of thiazole rings is 1. The molecule has 0 saturated heterocycles. The number of carbonyl (C=O) groups is 2. The first-order valence-electron chi connectivity index (χ1n) is 9.58. The average Bonchev–Trinajstić information content (AvgIpc) is 3.21. The first-order valence-corrected chi connectivity index (χ1v) is 11.4. The quantitative estimate of drug-likeness (QED) is 0.336. The van der Waals surface area contributed by atoms with Crippen LogP contribution >= 0.6 is 23.1 Å². The van der Waals surface area contributed by atoms with Crippen molar-refractivity contribution in [2.75, 3.05) is 17.7 Å². The number of thioether (sulfide) groups is 1. The SMILES string of the molecule is CNC(=O)Nc1cccc(NC(=O)c2ccc(CSc3nc4ccccc4s3)cc2)c1. The van der Waals surface area contributed by atoms with Gasteiger partial charge in [-0.05, 0) is 48.0 Å². The molecule has 0 aliphatic rings. The number of hydrogen-bond acceptors (Lipinski definition) is 5. The second kappa shape index (κ2) is 9.63. The van der Waals surface area contributed by atoms with Crippen LogP contribution in [0.3, 0.4) is 0 Å². The van der Waals surface area contributed by atoms with Crippen LogP contribution in [0, 0.1) is 0 Å². The van der Waals surface area contributed by atoms with Gasteiger partial charge >= 0.3 is 6.03 Å². The Bertz CT molecular complexity index is 1190. The molecule has 0 aliphatic carbocycles. The summed E-state index contributed by atoms with van der Waals surface area (Å²) in [5, 5.41) is 8.03. The maximum atomic E-state index is 12.6. The fourth-order valence-electron chi connectivity index (χ4n) is 2.88. The zero-order chi connectivity index (χ0) is 21.6. The number of fused-ring (bicyclic) bond motifs is 1. The monoisotopic (exact) mass is 448 g/mol. The minimum absolute atomic E-state index is 0.206. The second-order valence-electron chi connectivity index (χ2n) is 6.67. The highest BCUT2D eigenvalue weighted by molar-refractivity contribution is 8.00. The van der Waals surface area contributed by atoms with Gasteiger partial charge in [0.2, 0.25) is 0 Å². The van der Waals surface area contributed by atoms with E-state index in [2.05, 4.69) is 27.0 Å². The molecule has 156 valence electrons. The lowest BCUT2D eigenvalue weighted by molar-refractivity contribution is 0.102. The van der Waals surface area contributed by atoms with Gasteiger partial charge in [0.1, 0.15) is 0 Å². The predicted octanol–water partition coefficient (Wildman–Crippen LogP) is 5.59. The molecule has 3 aromatic carbocycles. The summed E-state index contributed by atoms with van der Waals surface area (Å²) in [6, 6.07) is 22.3. The molecule has 3 amide bonds. The van der Waals surface area contributed by atoms with Crippen LogP contribution in [0.25, 0.3) is 10.2 Å². The molecule has 4 rings (SSSR count). The van der Waals surface area contributed by atoms with Gasteiger partial charge in [0.25, 0.3) is 5.91 Å². The molecular formula is C23H20N4O2S2. The van der Waals surface area contributed by atoms with E-state index in [1.165, 1.54) is 4.70 Å². The summed E-state index contributed by atoms with van der Waals surface area (Å²) in [5.74, 6) is 0.581. The van der Waals surface area contributed by atoms with E-state index >= 15 is 0 Å². The molecule has 4 aromatic rings. The number of urea groups is 1. The number of aromatic nitrogens is 1. The van der Waals surface area contributed by atoms with Crippen molar-refractivity contribution in [1.29, 1.82) is 0 Å². The van der Waals surface area contributed by atoms with Gasteiger partial charge in [-0.25, -0.2) is 9.78 Å². The summed E-state index contributed by atoms with van der Waals surface area (Å²) < 4.78 is 2.22. The average molecular weight is 449 g/mol. The third kappa shape index (κ3) is 5.42. The smallest absolute Gasteiger partial charge is 0.318 e. The van der Waals surface area contributed by atoms with Crippen LogP contribution in [0.15, 0.2) is 77.1 Å². The van der Waals surface area contributed by atoms with Gasteiger partial charge in [0.05, 0.1) is 10.2 Å². The van der Waals surface area contributed by atoms with Gasteiger partial charge in [-0.3, -0.25) is 4.79 Å². The third-order valence-corrected chi connectivity index (χ3v) is 6.71. The van der Waals surface area contributed by atoms with Crippen molar-refractivity contribution in [1.82, 2.24) is 10.3 Å². The number of carbonyl (C=O) groups excluding carboxylic acids is 2. The lowest BCUT2D eigenvalue weighted by Crippen LogP contribution is -2.24. The zero-order valence-corrected chi connectivity index (χ0v) is 18.3. The summed E-state index contributed by atoms with van der Waals surface area (Å²) in [4.78, 5) is 28.7. The molecule has 6 nitrogen and oxygen atoms in total. The topological polar surface area (TPSA) is 83.1 Å². The second-order valence-corrected chi connectivity index (χ2v) is 8.93. The van der Waals surface area contributed by atoms with E-state index in [-0.39, 0.29) is 11.9 Å². The fourth-order valence-corrected chi connectivity index (χ4v) is 4.91. The zero-order valence-electron chi connectivity index (χ0n) is 16.7. The van der Waals surface area contributed by atoms with Crippen LogP contribution in [0.2, 0.25) is 0 Å². The lowest BCUT2D eigenvalue weighted by atomic mass is 10.1. The third-order valence-electron chi connectivity index (χ3n) is 4.46. The van der Waals surface area contributed by atoms with E-state index in [9.17, 15) is 9.59 Å². The first-order chi connectivity index (χ1) is 15.1. The van der Waals surface area contributed by atoms with Gasteiger partial charge in [-0.2, -0.15) is 0 Å². The molecule has 0 aliphatic heterocycles. The number of rotatable bonds is 6. The van der Waals surface area contributed by atoms with Crippen molar-refractivity contribution in [2.45, 2.75) is 10.1 Å². The van der Waals surface area contributed by atoms with Gasteiger partial charge in [0.15, 0.2) is 4.34 Å². The molecule has 1 aromatic heterocycles. The van der Waals surface area contributed by atoms with E-state index in [1.807, 2.05) is 42.5 Å². The lowest BCUT2D eigenvalue weighted by Gasteiger charge is -2.09. The summed E-state index contributed by atoms with van der Waals surface area (Å²) in [5.41, 5.74) is 3.92.